The van der Waals surface area contributed by atoms with Gasteiger partial charge in [-0.2, -0.15) is 5.10 Å². The molecule has 2 N–H and O–H groups in total. The number of fused-ring (bicyclic) bond motifs is 1. The van der Waals surface area contributed by atoms with Crippen LogP contribution in [0.3, 0.4) is 0 Å². The van der Waals surface area contributed by atoms with E-state index < -0.39 is 0 Å². The van der Waals surface area contributed by atoms with E-state index >= 15 is 0 Å². The fourth-order valence-corrected chi connectivity index (χ4v) is 5.41. The topological polar surface area (TPSA) is 68.2 Å². The number of thiocarbonyl (C=S) groups is 1. The zero-order chi connectivity index (χ0) is 20.4. The molecule has 6 nitrogen and oxygen atoms in total. The third-order valence-electron chi connectivity index (χ3n) is 5.38. The number of aryl methyl sites for hydroxylation is 2. The second-order valence-electron chi connectivity index (χ2n) is 7.32. The second-order valence-corrected chi connectivity index (χ2v) is 8.83. The molecular formula is C20H28N4O2S2. The molecule has 0 saturated carbocycles. The first-order valence-electron chi connectivity index (χ1n) is 9.66. The number of thiophene rings is 1. The molecule has 3 rings (SSSR count). The maximum Gasteiger partial charge on any atom is 0.341 e. The van der Waals surface area contributed by atoms with Gasteiger partial charge < -0.3 is 15.4 Å². The normalized spacial score (nSPS) is 15.8. The van der Waals surface area contributed by atoms with E-state index in [0.717, 1.165) is 53.3 Å². The van der Waals surface area contributed by atoms with Crippen LogP contribution in [0.25, 0.3) is 0 Å². The highest BCUT2D eigenvalue weighted by Crippen LogP contribution is 2.40. The second kappa shape index (κ2) is 8.61. The molecule has 1 atom stereocenters. The monoisotopic (exact) mass is 420 g/mol. The minimum absolute atomic E-state index is 0.298. The number of methoxy groups -OCH3 is 1. The van der Waals surface area contributed by atoms with E-state index in [0.29, 0.717) is 23.1 Å². The Morgan fingerprint density at radius 3 is 2.82 bits per heavy atom. The molecule has 2 heterocycles. The van der Waals surface area contributed by atoms with Gasteiger partial charge in [0.1, 0.15) is 5.00 Å². The van der Waals surface area contributed by atoms with Crippen molar-refractivity contribution < 1.29 is 9.53 Å². The van der Waals surface area contributed by atoms with Crippen LogP contribution in [0.2, 0.25) is 0 Å². The molecule has 0 aromatic carbocycles. The number of nitrogens with zero attached hydrogens (tertiary/aromatic N) is 2. The van der Waals surface area contributed by atoms with E-state index in [2.05, 4.69) is 36.5 Å². The lowest BCUT2D eigenvalue weighted by Gasteiger charge is -2.18. The molecule has 0 radical (unpaired) electrons. The highest BCUT2D eigenvalue weighted by molar-refractivity contribution is 7.80. The van der Waals surface area contributed by atoms with E-state index in [4.69, 9.17) is 17.0 Å². The maximum absolute atomic E-state index is 12.4. The molecule has 0 bridgehead atoms. The Bertz CT molecular complexity index is 901. The van der Waals surface area contributed by atoms with Gasteiger partial charge in [-0.05, 0) is 63.7 Å². The highest BCUT2D eigenvalue weighted by atomic mass is 32.1. The van der Waals surface area contributed by atoms with Crippen LogP contribution in [0.1, 0.15) is 58.0 Å². The summed E-state index contributed by atoms with van der Waals surface area (Å²) in [7, 11) is 1.43. The maximum atomic E-state index is 12.4. The predicted molar refractivity (Wildman–Crippen MR) is 117 cm³/mol. The van der Waals surface area contributed by atoms with E-state index in [9.17, 15) is 4.79 Å². The lowest BCUT2D eigenvalue weighted by Crippen LogP contribution is -2.28. The number of aromatic nitrogens is 2. The first-order valence-corrected chi connectivity index (χ1v) is 10.9. The Balaban J connectivity index is 1.75. The fourth-order valence-electron chi connectivity index (χ4n) is 3.77. The zero-order valence-corrected chi connectivity index (χ0v) is 18.8. The third kappa shape index (κ3) is 4.07. The van der Waals surface area contributed by atoms with Crippen molar-refractivity contribution >= 4 is 39.6 Å². The van der Waals surface area contributed by atoms with Gasteiger partial charge in [-0.25, -0.2) is 4.79 Å². The predicted octanol–water partition coefficient (Wildman–Crippen LogP) is 3.98. The van der Waals surface area contributed by atoms with Crippen molar-refractivity contribution in [3.63, 3.8) is 0 Å². The van der Waals surface area contributed by atoms with Crippen molar-refractivity contribution in [2.75, 3.05) is 12.4 Å². The molecule has 152 valence electrons. The van der Waals surface area contributed by atoms with Crippen molar-refractivity contribution in [2.45, 2.75) is 60.0 Å². The molecule has 8 heteroatoms. The number of hydrogen-bond donors (Lipinski definition) is 2. The van der Waals surface area contributed by atoms with Crippen molar-refractivity contribution in [1.29, 1.82) is 0 Å². The van der Waals surface area contributed by atoms with E-state index in [1.807, 2.05) is 11.6 Å². The van der Waals surface area contributed by atoms with Gasteiger partial charge in [0, 0.05) is 29.2 Å². The van der Waals surface area contributed by atoms with E-state index in [1.165, 1.54) is 12.0 Å². The Kier molecular flexibility index (Phi) is 6.40. The Hall–Kier alpha value is -1.93. The van der Waals surface area contributed by atoms with Crippen LogP contribution >= 0.6 is 23.6 Å². The van der Waals surface area contributed by atoms with Crippen molar-refractivity contribution in [2.24, 2.45) is 5.92 Å². The van der Waals surface area contributed by atoms with Crippen LogP contribution in [-0.4, -0.2) is 28.0 Å². The molecule has 0 spiro atoms. The van der Waals surface area contributed by atoms with Gasteiger partial charge in [-0.1, -0.05) is 6.92 Å². The van der Waals surface area contributed by atoms with Crippen molar-refractivity contribution in [3.05, 3.63) is 33.0 Å². The van der Waals surface area contributed by atoms with Crippen LogP contribution in [0.5, 0.6) is 0 Å². The van der Waals surface area contributed by atoms with Gasteiger partial charge in [0.2, 0.25) is 0 Å². The van der Waals surface area contributed by atoms with Crippen LogP contribution in [0.15, 0.2) is 0 Å². The van der Waals surface area contributed by atoms with Crippen molar-refractivity contribution in [3.8, 4) is 0 Å². The standard InChI is InChI=1S/C20H28N4O2S2/c1-6-24-13(4)15(12(3)23-24)10-21-20(27)22-18-17(19(25)26-5)14-8-7-11(2)9-16(14)28-18/h11H,6-10H2,1-5H3,(H2,21,22,27). The van der Waals surface area contributed by atoms with Gasteiger partial charge >= 0.3 is 5.97 Å². The van der Waals surface area contributed by atoms with Gasteiger partial charge in [-0.3, -0.25) is 4.68 Å². The number of nitrogens with one attached hydrogen (secondary N) is 2. The number of rotatable bonds is 5. The molecule has 0 fully saturated rings. The lowest BCUT2D eigenvalue weighted by molar-refractivity contribution is 0.0601. The molecule has 1 aliphatic carbocycles. The Morgan fingerprint density at radius 1 is 1.43 bits per heavy atom. The summed E-state index contributed by atoms with van der Waals surface area (Å²) in [5.41, 5.74) is 5.07. The van der Waals surface area contributed by atoms with Crippen LogP contribution in [0, 0.1) is 19.8 Å². The highest BCUT2D eigenvalue weighted by Gasteiger charge is 2.28. The molecule has 1 unspecified atom stereocenters. The summed E-state index contributed by atoms with van der Waals surface area (Å²) < 4.78 is 7.03. The van der Waals surface area contributed by atoms with Gasteiger partial charge in [0.05, 0.1) is 18.4 Å². The van der Waals surface area contributed by atoms with Crippen LogP contribution in [0.4, 0.5) is 5.00 Å². The Labute approximate surface area is 175 Å². The number of hydrogen-bond acceptors (Lipinski definition) is 5. The first kappa shape index (κ1) is 20.8. The number of esters is 1. The summed E-state index contributed by atoms with van der Waals surface area (Å²) in [6.07, 6.45) is 3.00. The molecule has 1 aliphatic rings. The zero-order valence-electron chi connectivity index (χ0n) is 17.1. The summed E-state index contributed by atoms with van der Waals surface area (Å²) >= 11 is 7.13. The van der Waals surface area contributed by atoms with Gasteiger partial charge in [0.15, 0.2) is 5.11 Å². The number of anilines is 1. The first-order chi connectivity index (χ1) is 13.3. The summed E-state index contributed by atoms with van der Waals surface area (Å²) in [5.74, 6) is 0.337. The summed E-state index contributed by atoms with van der Waals surface area (Å²) in [5, 5.41) is 12.3. The minimum Gasteiger partial charge on any atom is -0.465 e. The molecule has 0 amide bonds. The molecular weight excluding hydrogens is 392 g/mol. The number of carbonyl (C=O) groups is 1. The Morgan fingerprint density at radius 2 is 2.18 bits per heavy atom. The van der Waals surface area contributed by atoms with Gasteiger partial charge in [-0.15, -0.1) is 11.3 Å². The van der Waals surface area contributed by atoms with E-state index in [1.54, 1.807) is 11.3 Å². The molecule has 28 heavy (non-hydrogen) atoms. The summed E-state index contributed by atoms with van der Waals surface area (Å²) in [6.45, 7) is 9.85. The average molecular weight is 421 g/mol. The lowest BCUT2D eigenvalue weighted by atomic mass is 9.88. The SMILES string of the molecule is CCn1nc(C)c(CNC(=S)Nc2sc3c(c2C(=O)OC)CCC(C)C3)c1C. The fraction of sp³-hybridized carbons (Fsp3) is 0.550. The van der Waals surface area contributed by atoms with Crippen molar-refractivity contribution in [1.82, 2.24) is 15.1 Å². The quantitative estimate of drug-likeness (QED) is 0.563. The van der Waals surface area contributed by atoms with Crippen LogP contribution < -0.4 is 10.6 Å². The third-order valence-corrected chi connectivity index (χ3v) is 6.80. The number of carbonyl (C=O) groups excluding carboxylic acids is 1. The largest absolute Gasteiger partial charge is 0.465 e. The van der Waals surface area contributed by atoms with Gasteiger partial charge in [0.25, 0.3) is 0 Å². The molecule has 2 aromatic rings. The molecule has 2 aromatic heterocycles. The average Bonchev–Trinajstić information content (AvgIpc) is 3.15. The minimum atomic E-state index is -0.298. The molecule has 0 saturated heterocycles. The van der Waals surface area contributed by atoms with E-state index in [-0.39, 0.29) is 5.97 Å². The molecule has 0 aliphatic heterocycles. The van der Waals surface area contributed by atoms with Crippen LogP contribution in [-0.2, 0) is 30.7 Å². The summed E-state index contributed by atoms with van der Waals surface area (Å²) in [6, 6.07) is 0. The number of ether oxygens (including phenoxy) is 1. The smallest absolute Gasteiger partial charge is 0.341 e. The summed E-state index contributed by atoms with van der Waals surface area (Å²) in [4.78, 5) is 13.7.